The number of benzene rings is 1. The number of aryl methyl sites for hydroxylation is 2. The van der Waals surface area contributed by atoms with E-state index in [2.05, 4.69) is 17.3 Å². The molecule has 1 atom stereocenters. The normalized spacial score (nSPS) is 12.4. The lowest BCUT2D eigenvalue weighted by Gasteiger charge is -2.19. The van der Waals surface area contributed by atoms with Crippen molar-refractivity contribution in [2.45, 2.75) is 19.4 Å². The van der Waals surface area contributed by atoms with E-state index in [1.807, 2.05) is 43.2 Å². The molecule has 1 unspecified atom stereocenters. The Hall–Kier alpha value is -1.52. The van der Waals surface area contributed by atoms with Crippen molar-refractivity contribution in [2.24, 2.45) is 7.05 Å². The Morgan fingerprint density at radius 3 is 2.75 bits per heavy atom. The van der Waals surface area contributed by atoms with Gasteiger partial charge in [0.05, 0.1) is 18.8 Å². The van der Waals surface area contributed by atoms with Gasteiger partial charge in [0.2, 0.25) is 0 Å². The van der Waals surface area contributed by atoms with Crippen LogP contribution < -0.4 is 10.1 Å². The SMILES string of the molecule is CCc1nn(C)cc1C(NC)c1cc(Cl)ccc1OC. The van der Waals surface area contributed by atoms with E-state index in [0.29, 0.717) is 5.02 Å². The van der Waals surface area contributed by atoms with Gasteiger partial charge < -0.3 is 10.1 Å². The number of rotatable bonds is 5. The molecular weight excluding hydrogens is 274 g/mol. The smallest absolute Gasteiger partial charge is 0.124 e. The molecule has 1 heterocycles. The summed E-state index contributed by atoms with van der Waals surface area (Å²) in [6.07, 6.45) is 2.93. The minimum absolute atomic E-state index is 0.00676. The topological polar surface area (TPSA) is 39.1 Å². The minimum Gasteiger partial charge on any atom is -0.496 e. The van der Waals surface area contributed by atoms with Gasteiger partial charge in [-0.1, -0.05) is 18.5 Å². The highest BCUT2D eigenvalue weighted by Crippen LogP contribution is 2.33. The van der Waals surface area contributed by atoms with Crippen molar-refractivity contribution in [1.29, 1.82) is 0 Å². The maximum Gasteiger partial charge on any atom is 0.124 e. The van der Waals surface area contributed by atoms with E-state index in [1.165, 1.54) is 0 Å². The van der Waals surface area contributed by atoms with Crippen LogP contribution in [0.1, 0.15) is 29.8 Å². The van der Waals surface area contributed by atoms with Crippen LogP contribution in [0, 0.1) is 0 Å². The summed E-state index contributed by atoms with van der Waals surface area (Å²) in [6, 6.07) is 5.67. The predicted molar refractivity (Wildman–Crippen MR) is 81.5 cm³/mol. The summed E-state index contributed by atoms with van der Waals surface area (Å²) in [5.74, 6) is 0.819. The van der Waals surface area contributed by atoms with E-state index >= 15 is 0 Å². The Balaban J connectivity index is 2.54. The molecule has 0 saturated carbocycles. The van der Waals surface area contributed by atoms with E-state index in [9.17, 15) is 0 Å². The Morgan fingerprint density at radius 2 is 2.15 bits per heavy atom. The molecule has 0 fully saturated rings. The maximum atomic E-state index is 6.14. The quantitative estimate of drug-likeness (QED) is 0.921. The summed E-state index contributed by atoms with van der Waals surface area (Å²) in [7, 11) is 5.53. The lowest BCUT2D eigenvalue weighted by Crippen LogP contribution is -2.19. The summed E-state index contributed by atoms with van der Waals surface area (Å²) < 4.78 is 7.30. The zero-order chi connectivity index (χ0) is 14.7. The third kappa shape index (κ3) is 2.81. The van der Waals surface area contributed by atoms with Crippen LogP contribution in [0.15, 0.2) is 24.4 Å². The number of aromatic nitrogens is 2. The van der Waals surface area contributed by atoms with Crippen molar-refractivity contribution in [2.75, 3.05) is 14.2 Å². The molecule has 1 aromatic heterocycles. The number of hydrogen-bond acceptors (Lipinski definition) is 3. The van der Waals surface area contributed by atoms with Crippen LogP contribution in [-0.2, 0) is 13.5 Å². The van der Waals surface area contributed by atoms with Gasteiger partial charge in [-0.2, -0.15) is 5.10 Å². The molecule has 0 aliphatic carbocycles. The molecule has 0 radical (unpaired) electrons. The van der Waals surface area contributed by atoms with E-state index < -0.39 is 0 Å². The molecule has 0 bridgehead atoms. The van der Waals surface area contributed by atoms with E-state index in [4.69, 9.17) is 16.3 Å². The van der Waals surface area contributed by atoms with Crippen molar-refractivity contribution in [3.05, 3.63) is 46.2 Å². The molecule has 1 N–H and O–H groups in total. The average Bonchev–Trinajstić information content (AvgIpc) is 2.81. The van der Waals surface area contributed by atoms with Gasteiger partial charge in [-0.15, -0.1) is 0 Å². The van der Waals surface area contributed by atoms with Gasteiger partial charge >= 0.3 is 0 Å². The molecule has 0 spiro atoms. The third-order valence-corrected chi connectivity index (χ3v) is 3.61. The molecule has 1 aromatic carbocycles. The second-order valence-electron chi connectivity index (χ2n) is 4.67. The maximum absolute atomic E-state index is 6.14. The Kier molecular flexibility index (Phi) is 4.68. The van der Waals surface area contributed by atoms with Gasteiger partial charge in [0.1, 0.15) is 5.75 Å². The van der Waals surface area contributed by atoms with Crippen molar-refractivity contribution in [3.8, 4) is 5.75 Å². The highest BCUT2D eigenvalue weighted by atomic mass is 35.5. The highest BCUT2D eigenvalue weighted by molar-refractivity contribution is 6.30. The minimum atomic E-state index is 0.00676. The standard InChI is InChI=1S/C15H20ClN3O/c1-5-13-12(9-19(3)18-13)15(17-2)11-8-10(16)6-7-14(11)20-4/h6-9,15,17H,5H2,1-4H3. The number of methoxy groups -OCH3 is 1. The Bertz CT molecular complexity index is 595. The largest absolute Gasteiger partial charge is 0.496 e. The fraction of sp³-hybridized carbons (Fsp3) is 0.400. The van der Waals surface area contributed by atoms with E-state index in [0.717, 1.165) is 29.0 Å². The summed E-state index contributed by atoms with van der Waals surface area (Å²) >= 11 is 6.14. The molecule has 4 nitrogen and oxygen atoms in total. The number of halogens is 1. The molecular formula is C15H20ClN3O. The molecule has 0 amide bonds. The number of ether oxygens (including phenoxy) is 1. The van der Waals surface area contributed by atoms with Gasteiger partial charge in [-0.25, -0.2) is 0 Å². The first-order valence-electron chi connectivity index (χ1n) is 6.63. The molecule has 108 valence electrons. The van der Waals surface area contributed by atoms with Gasteiger partial charge in [-0.05, 0) is 31.7 Å². The van der Waals surface area contributed by atoms with Crippen molar-refractivity contribution >= 4 is 11.6 Å². The van der Waals surface area contributed by atoms with Gasteiger partial charge in [0.15, 0.2) is 0 Å². The van der Waals surface area contributed by atoms with E-state index in [-0.39, 0.29) is 6.04 Å². The summed E-state index contributed by atoms with van der Waals surface area (Å²) in [5.41, 5.74) is 3.25. The van der Waals surface area contributed by atoms with Crippen molar-refractivity contribution in [3.63, 3.8) is 0 Å². The fourth-order valence-corrected chi connectivity index (χ4v) is 2.66. The van der Waals surface area contributed by atoms with Crippen molar-refractivity contribution < 1.29 is 4.74 Å². The first kappa shape index (κ1) is 14.9. The van der Waals surface area contributed by atoms with Crippen molar-refractivity contribution in [1.82, 2.24) is 15.1 Å². The molecule has 5 heteroatoms. The molecule has 0 aliphatic heterocycles. The van der Waals surface area contributed by atoms with Crippen LogP contribution in [0.2, 0.25) is 5.02 Å². The molecule has 2 rings (SSSR count). The van der Waals surface area contributed by atoms with Crippen LogP contribution in [-0.4, -0.2) is 23.9 Å². The van der Waals surface area contributed by atoms with Crippen LogP contribution >= 0.6 is 11.6 Å². The first-order chi connectivity index (χ1) is 9.60. The Morgan fingerprint density at radius 1 is 1.40 bits per heavy atom. The van der Waals surface area contributed by atoms with Gasteiger partial charge in [0, 0.05) is 29.4 Å². The Labute approximate surface area is 124 Å². The molecule has 20 heavy (non-hydrogen) atoms. The zero-order valence-electron chi connectivity index (χ0n) is 12.3. The monoisotopic (exact) mass is 293 g/mol. The predicted octanol–water partition coefficient (Wildman–Crippen LogP) is 2.95. The number of hydrogen-bond donors (Lipinski definition) is 1. The number of nitrogens with zero attached hydrogens (tertiary/aromatic N) is 2. The first-order valence-corrected chi connectivity index (χ1v) is 7.01. The van der Waals surface area contributed by atoms with E-state index in [1.54, 1.807) is 7.11 Å². The summed E-state index contributed by atoms with van der Waals surface area (Å²) in [6.45, 7) is 2.10. The highest BCUT2D eigenvalue weighted by Gasteiger charge is 2.21. The molecule has 0 saturated heterocycles. The van der Waals surface area contributed by atoms with Gasteiger partial charge in [-0.3, -0.25) is 4.68 Å². The second-order valence-corrected chi connectivity index (χ2v) is 5.10. The van der Waals surface area contributed by atoms with Crippen LogP contribution in [0.4, 0.5) is 0 Å². The van der Waals surface area contributed by atoms with Crippen LogP contribution in [0.25, 0.3) is 0 Å². The molecule has 2 aromatic rings. The molecule has 0 aliphatic rings. The summed E-state index contributed by atoms with van der Waals surface area (Å²) in [5, 5.41) is 8.53. The second kappa shape index (κ2) is 6.29. The third-order valence-electron chi connectivity index (χ3n) is 3.37. The fourth-order valence-electron chi connectivity index (χ4n) is 2.48. The average molecular weight is 294 g/mol. The lowest BCUT2D eigenvalue weighted by atomic mass is 9.97. The van der Waals surface area contributed by atoms with Gasteiger partial charge in [0.25, 0.3) is 0 Å². The lowest BCUT2D eigenvalue weighted by molar-refractivity contribution is 0.405. The van der Waals surface area contributed by atoms with Crippen LogP contribution in [0.5, 0.6) is 5.75 Å². The number of nitrogens with one attached hydrogen (secondary N) is 1. The van der Waals surface area contributed by atoms with Crippen LogP contribution in [0.3, 0.4) is 0 Å². The zero-order valence-corrected chi connectivity index (χ0v) is 13.0. The summed E-state index contributed by atoms with van der Waals surface area (Å²) in [4.78, 5) is 0.